The molecule has 0 unspecified atom stereocenters. The number of benzene rings is 1. The van der Waals surface area contributed by atoms with Gasteiger partial charge in [-0.05, 0) is 25.3 Å². The standard InChI is InChI=1S/C20H28N4O/c1-18-15-23(16-19-7-3-2-4-8-19)12-6-13-24(18)20(25)9-5-11-22-14-10-21-17-22/h2-4,7-8,10,14,17-18H,5-6,9,11-13,15-16H2,1H3/t18-/m1/s1. The van der Waals surface area contributed by atoms with E-state index >= 15 is 0 Å². The molecule has 0 radical (unpaired) electrons. The fourth-order valence-electron chi connectivity index (χ4n) is 3.58. The number of hydrogen-bond acceptors (Lipinski definition) is 3. The highest BCUT2D eigenvalue weighted by atomic mass is 16.2. The molecule has 1 aliphatic heterocycles. The lowest BCUT2D eigenvalue weighted by atomic mass is 10.2. The van der Waals surface area contributed by atoms with Gasteiger partial charge in [0.1, 0.15) is 0 Å². The van der Waals surface area contributed by atoms with Gasteiger partial charge in [-0.2, -0.15) is 0 Å². The largest absolute Gasteiger partial charge is 0.339 e. The maximum atomic E-state index is 12.6. The van der Waals surface area contributed by atoms with Crippen molar-refractivity contribution in [2.75, 3.05) is 19.6 Å². The maximum absolute atomic E-state index is 12.6. The van der Waals surface area contributed by atoms with Crippen LogP contribution in [0.2, 0.25) is 0 Å². The lowest BCUT2D eigenvalue weighted by Gasteiger charge is -2.29. The van der Waals surface area contributed by atoms with E-state index in [1.807, 2.05) is 10.8 Å². The Kier molecular flexibility index (Phi) is 6.23. The van der Waals surface area contributed by atoms with Crippen molar-refractivity contribution in [1.29, 1.82) is 0 Å². The molecule has 134 valence electrons. The molecule has 1 amide bonds. The van der Waals surface area contributed by atoms with E-state index in [4.69, 9.17) is 0 Å². The topological polar surface area (TPSA) is 41.4 Å². The second-order valence-corrected chi connectivity index (χ2v) is 6.91. The summed E-state index contributed by atoms with van der Waals surface area (Å²) in [5.74, 6) is 0.286. The Labute approximate surface area is 150 Å². The van der Waals surface area contributed by atoms with Gasteiger partial charge in [-0.3, -0.25) is 9.69 Å². The highest BCUT2D eigenvalue weighted by Crippen LogP contribution is 2.15. The van der Waals surface area contributed by atoms with Crippen molar-refractivity contribution in [1.82, 2.24) is 19.4 Å². The van der Waals surface area contributed by atoms with Gasteiger partial charge in [-0.15, -0.1) is 0 Å². The molecule has 0 aliphatic carbocycles. The van der Waals surface area contributed by atoms with Crippen LogP contribution >= 0.6 is 0 Å². The quantitative estimate of drug-likeness (QED) is 0.812. The first-order chi connectivity index (χ1) is 12.2. The van der Waals surface area contributed by atoms with Gasteiger partial charge in [0.05, 0.1) is 6.33 Å². The van der Waals surface area contributed by atoms with E-state index in [1.54, 1.807) is 12.5 Å². The summed E-state index contributed by atoms with van der Waals surface area (Å²) in [5.41, 5.74) is 1.34. The van der Waals surface area contributed by atoms with Crippen LogP contribution in [-0.2, 0) is 17.9 Å². The minimum absolute atomic E-state index is 0.270. The molecule has 1 aliphatic rings. The molecule has 1 atom stereocenters. The minimum atomic E-state index is 0.270. The monoisotopic (exact) mass is 340 g/mol. The molecule has 5 nitrogen and oxygen atoms in total. The highest BCUT2D eigenvalue weighted by molar-refractivity contribution is 5.76. The first kappa shape index (κ1) is 17.7. The van der Waals surface area contributed by atoms with E-state index < -0.39 is 0 Å². The summed E-state index contributed by atoms with van der Waals surface area (Å²) in [6, 6.07) is 10.9. The van der Waals surface area contributed by atoms with Gasteiger partial charge >= 0.3 is 0 Å². The number of rotatable bonds is 6. The molecule has 2 heterocycles. The third-order valence-corrected chi connectivity index (χ3v) is 4.86. The van der Waals surface area contributed by atoms with E-state index in [2.05, 4.69) is 52.0 Å². The Hall–Kier alpha value is -2.14. The van der Waals surface area contributed by atoms with Gasteiger partial charge in [-0.25, -0.2) is 4.98 Å². The summed E-state index contributed by atoms with van der Waals surface area (Å²) in [4.78, 5) is 21.2. The number of carbonyl (C=O) groups is 1. The molecule has 1 aromatic carbocycles. The van der Waals surface area contributed by atoms with Crippen molar-refractivity contribution in [2.45, 2.75) is 45.3 Å². The third kappa shape index (κ3) is 5.16. The molecule has 0 bridgehead atoms. The number of carbonyl (C=O) groups excluding carboxylic acids is 1. The van der Waals surface area contributed by atoms with E-state index in [1.165, 1.54) is 5.56 Å². The Balaban J connectivity index is 1.48. The van der Waals surface area contributed by atoms with Gasteiger partial charge in [0.25, 0.3) is 0 Å². The molecule has 0 spiro atoms. The Morgan fingerprint density at radius 1 is 1.24 bits per heavy atom. The molecule has 5 heteroatoms. The van der Waals surface area contributed by atoms with Crippen LogP contribution in [0, 0.1) is 0 Å². The number of imidazole rings is 1. The van der Waals surface area contributed by atoms with E-state index in [-0.39, 0.29) is 11.9 Å². The maximum Gasteiger partial charge on any atom is 0.222 e. The zero-order valence-electron chi connectivity index (χ0n) is 15.1. The normalized spacial score (nSPS) is 18.9. The van der Waals surface area contributed by atoms with Crippen LogP contribution in [0.4, 0.5) is 0 Å². The van der Waals surface area contributed by atoms with Crippen LogP contribution < -0.4 is 0 Å². The van der Waals surface area contributed by atoms with Crippen LogP contribution in [-0.4, -0.2) is 50.9 Å². The predicted octanol–water partition coefficient (Wildman–Crippen LogP) is 2.79. The van der Waals surface area contributed by atoms with Crippen LogP contribution in [0.1, 0.15) is 31.7 Å². The highest BCUT2D eigenvalue weighted by Gasteiger charge is 2.24. The third-order valence-electron chi connectivity index (χ3n) is 4.86. The molecular weight excluding hydrogens is 312 g/mol. The second kappa shape index (κ2) is 8.81. The molecule has 2 aromatic rings. The number of nitrogens with zero attached hydrogens (tertiary/aromatic N) is 4. The van der Waals surface area contributed by atoms with Crippen molar-refractivity contribution in [3.8, 4) is 0 Å². The SMILES string of the molecule is C[C@@H]1CN(Cc2ccccc2)CCCN1C(=O)CCCn1ccnc1. The second-order valence-electron chi connectivity index (χ2n) is 6.91. The summed E-state index contributed by atoms with van der Waals surface area (Å²) < 4.78 is 2.03. The van der Waals surface area contributed by atoms with Crippen molar-refractivity contribution in [3.05, 3.63) is 54.6 Å². The van der Waals surface area contributed by atoms with Gasteiger partial charge < -0.3 is 9.47 Å². The molecule has 0 saturated carbocycles. The van der Waals surface area contributed by atoms with E-state index in [0.717, 1.165) is 45.6 Å². The number of aryl methyl sites for hydroxylation is 1. The fourth-order valence-corrected chi connectivity index (χ4v) is 3.58. The molecule has 0 N–H and O–H groups in total. The molecule has 1 aromatic heterocycles. The van der Waals surface area contributed by atoms with Crippen LogP contribution in [0.25, 0.3) is 0 Å². The smallest absolute Gasteiger partial charge is 0.222 e. The Bertz CT molecular complexity index is 641. The van der Waals surface area contributed by atoms with Crippen molar-refractivity contribution in [2.24, 2.45) is 0 Å². The fraction of sp³-hybridized carbons (Fsp3) is 0.500. The van der Waals surface area contributed by atoms with Crippen molar-refractivity contribution >= 4 is 5.91 Å². The minimum Gasteiger partial charge on any atom is -0.339 e. The number of amides is 1. The van der Waals surface area contributed by atoms with E-state index in [0.29, 0.717) is 6.42 Å². The summed E-state index contributed by atoms with van der Waals surface area (Å²) in [6.45, 7) is 6.87. The summed E-state index contributed by atoms with van der Waals surface area (Å²) in [5, 5.41) is 0. The van der Waals surface area contributed by atoms with E-state index in [9.17, 15) is 4.79 Å². The average molecular weight is 340 g/mol. The van der Waals surface area contributed by atoms with Gasteiger partial charge in [0.15, 0.2) is 0 Å². The Morgan fingerprint density at radius 2 is 2.08 bits per heavy atom. The average Bonchev–Trinajstić information content (AvgIpc) is 3.05. The molecule has 1 fully saturated rings. The first-order valence-electron chi connectivity index (χ1n) is 9.24. The molecule has 3 rings (SSSR count). The van der Waals surface area contributed by atoms with Crippen molar-refractivity contribution in [3.63, 3.8) is 0 Å². The van der Waals surface area contributed by atoms with Gasteiger partial charge in [0, 0.05) is 57.6 Å². The lowest BCUT2D eigenvalue weighted by molar-refractivity contribution is -0.133. The Morgan fingerprint density at radius 3 is 2.84 bits per heavy atom. The number of hydrogen-bond donors (Lipinski definition) is 0. The first-order valence-corrected chi connectivity index (χ1v) is 9.24. The summed E-state index contributed by atoms with van der Waals surface area (Å²) in [7, 11) is 0. The number of aromatic nitrogens is 2. The molecular formula is C20H28N4O. The van der Waals surface area contributed by atoms with Crippen LogP contribution in [0.15, 0.2) is 49.1 Å². The predicted molar refractivity (Wildman–Crippen MR) is 99.0 cm³/mol. The summed E-state index contributed by atoms with van der Waals surface area (Å²) in [6.07, 6.45) is 8.05. The van der Waals surface area contributed by atoms with Crippen molar-refractivity contribution < 1.29 is 4.79 Å². The summed E-state index contributed by atoms with van der Waals surface area (Å²) >= 11 is 0. The van der Waals surface area contributed by atoms with Crippen LogP contribution in [0.5, 0.6) is 0 Å². The zero-order chi connectivity index (χ0) is 17.5. The molecule has 1 saturated heterocycles. The molecule has 25 heavy (non-hydrogen) atoms. The zero-order valence-corrected chi connectivity index (χ0v) is 15.1. The van der Waals surface area contributed by atoms with Crippen LogP contribution in [0.3, 0.4) is 0 Å². The van der Waals surface area contributed by atoms with Gasteiger partial charge in [-0.1, -0.05) is 30.3 Å². The lowest BCUT2D eigenvalue weighted by Crippen LogP contribution is -2.42. The van der Waals surface area contributed by atoms with Gasteiger partial charge in [0.2, 0.25) is 5.91 Å².